The first-order chi connectivity index (χ1) is 7.78. The molecule has 5 nitrogen and oxygen atoms in total. The molecule has 2 N–H and O–H groups in total. The summed E-state index contributed by atoms with van der Waals surface area (Å²) < 4.78 is 5.16. The van der Waals surface area contributed by atoms with E-state index in [1.54, 1.807) is 27.7 Å². The molecular formula is C12H22N2O3. The number of hydrogen-bond donors (Lipinski definition) is 2. The molecule has 0 spiro atoms. The van der Waals surface area contributed by atoms with Crippen molar-refractivity contribution in [3.63, 3.8) is 0 Å². The van der Waals surface area contributed by atoms with Crippen molar-refractivity contribution in [3.05, 3.63) is 0 Å². The summed E-state index contributed by atoms with van der Waals surface area (Å²) >= 11 is 0. The lowest BCUT2D eigenvalue weighted by Crippen LogP contribution is -2.50. The van der Waals surface area contributed by atoms with Crippen LogP contribution in [0.3, 0.4) is 0 Å². The molecule has 0 saturated heterocycles. The van der Waals surface area contributed by atoms with E-state index in [1.807, 2.05) is 0 Å². The minimum atomic E-state index is -0.630. The van der Waals surface area contributed by atoms with E-state index in [9.17, 15) is 9.59 Å². The molecule has 0 unspecified atom stereocenters. The summed E-state index contributed by atoms with van der Waals surface area (Å²) in [5, 5.41) is 5.38. The van der Waals surface area contributed by atoms with Gasteiger partial charge in [-0.3, -0.25) is 0 Å². The van der Waals surface area contributed by atoms with Gasteiger partial charge >= 0.3 is 12.0 Å². The van der Waals surface area contributed by atoms with Crippen LogP contribution in [-0.4, -0.2) is 29.7 Å². The normalized spacial score (nSPS) is 17.9. The van der Waals surface area contributed by atoms with Gasteiger partial charge in [0.1, 0.15) is 11.6 Å². The summed E-state index contributed by atoms with van der Waals surface area (Å²) in [7, 11) is 0. The Morgan fingerprint density at radius 2 is 1.88 bits per heavy atom. The van der Waals surface area contributed by atoms with Gasteiger partial charge in [0.15, 0.2) is 0 Å². The summed E-state index contributed by atoms with van der Waals surface area (Å²) in [4.78, 5) is 23.1. The lowest BCUT2D eigenvalue weighted by atomic mass is 9.93. The van der Waals surface area contributed by atoms with Gasteiger partial charge in [0.05, 0.1) is 0 Å². The van der Waals surface area contributed by atoms with E-state index in [-0.39, 0.29) is 12.1 Å². The Morgan fingerprint density at radius 3 is 2.29 bits per heavy atom. The number of urea groups is 1. The van der Waals surface area contributed by atoms with E-state index >= 15 is 0 Å². The van der Waals surface area contributed by atoms with E-state index in [0.717, 1.165) is 19.3 Å². The van der Waals surface area contributed by atoms with E-state index in [4.69, 9.17) is 4.74 Å². The summed E-state index contributed by atoms with van der Waals surface area (Å²) in [5.74, 6) is -0.416. The van der Waals surface area contributed by atoms with Gasteiger partial charge in [0.25, 0.3) is 0 Å². The Labute approximate surface area is 102 Å². The van der Waals surface area contributed by atoms with Crippen molar-refractivity contribution in [2.75, 3.05) is 0 Å². The van der Waals surface area contributed by atoms with E-state index in [2.05, 4.69) is 10.6 Å². The molecule has 0 aliphatic heterocycles. The van der Waals surface area contributed by atoms with E-state index < -0.39 is 17.6 Å². The first kappa shape index (κ1) is 13.8. The molecule has 1 aliphatic carbocycles. The fraction of sp³-hybridized carbons (Fsp3) is 0.833. The van der Waals surface area contributed by atoms with Crippen LogP contribution in [-0.2, 0) is 9.53 Å². The molecule has 0 bridgehead atoms. The highest BCUT2D eigenvalue weighted by Crippen LogP contribution is 2.17. The third kappa shape index (κ3) is 5.06. The van der Waals surface area contributed by atoms with Crippen LogP contribution in [0.5, 0.6) is 0 Å². The zero-order chi connectivity index (χ0) is 13.1. The maximum absolute atomic E-state index is 11.6. The molecule has 98 valence electrons. The van der Waals surface area contributed by atoms with Crippen molar-refractivity contribution >= 4 is 12.0 Å². The van der Waals surface area contributed by atoms with Crippen LogP contribution in [0.2, 0.25) is 0 Å². The second kappa shape index (κ2) is 5.38. The fourth-order valence-corrected chi connectivity index (χ4v) is 1.43. The maximum atomic E-state index is 11.6. The molecule has 0 heterocycles. The molecule has 17 heavy (non-hydrogen) atoms. The first-order valence-corrected chi connectivity index (χ1v) is 6.08. The third-order valence-corrected chi connectivity index (χ3v) is 2.55. The second-order valence-corrected chi connectivity index (χ2v) is 5.50. The smallest absolute Gasteiger partial charge is 0.328 e. The molecule has 0 aromatic rings. The fourth-order valence-electron chi connectivity index (χ4n) is 1.43. The number of carbonyl (C=O) groups excluding carboxylic acids is 2. The molecular weight excluding hydrogens is 220 g/mol. The van der Waals surface area contributed by atoms with Gasteiger partial charge < -0.3 is 15.4 Å². The Morgan fingerprint density at radius 1 is 1.29 bits per heavy atom. The van der Waals surface area contributed by atoms with Gasteiger partial charge in [0.2, 0.25) is 0 Å². The molecule has 1 atom stereocenters. The highest BCUT2D eigenvalue weighted by molar-refractivity contribution is 5.83. The van der Waals surface area contributed by atoms with Crippen molar-refractivity contribution in [2.45, 2.75) is 64.6 Å². The van der Waals surface area contributed by atoms with Gasteiger partial charge in [-0.1, -0.05) is 0 Å². The first-order valence-electron chi connectivity index (χ1n) is 6.08. The third-order valence-electron chi connectivity index (χ3n) is 2.55. The standard InChI is InChI=1S/C12H22N2O3/c1-8(10(15)17-12(2,3)4)13-11(16)14-9-6-5-7-9/h8-9H,5-7H2,1-4H3,(H2,13,14,16)/t8-/m1/s1. The van der Waals surface area contributed by atoms with Crippen LogP contribution < -0.4 is 10.6 Å². The Balaban J connectivity index is 2.29. The number of hydrogen-bond acceptors (Lipinski definition) is 3. The topological polar surface area (TPSA) is 67.4 Å². The quantitative estimate of drug-likeness (QED) is 0.738. The highest BCUT2D eigenvalue weighted by Gasteiger charge is 2.24. The van der Waals surface area contributed by atoms with E-state index in [1.165, 1.54) is 0 Å². The van der Waals surface area contributed by atoms with Crippen LogP contribution >= 0.6 is 0 Å². The second-order valence-electron chi connectivity index (χ2n) is 5.50. The highest BCUT2D eigenvalue weighted by atomic mass is 16.6. The molecule has 1 aliphatic rings. The molecule has 0 radical (unpaired) electrons. The monoisotopic (exact) mass is 242 g/mol. The number of nitrogens with one attached hydrogen (secondary N) is 2. The Bertz CT molecular complexity index is 293. The molecule has 2 amide bonds. The largest absolute Gasteiger partial charge is 0.458 e. The average Bonchev–Trinajstić information content (AvgIpc) is 2.08. The van der Waals surface area contributed by atoms with Crippen LogP contribution in [0.1, 0.15) is 47.0 Å². The van der Waals surface area contributed by atoms with Gasteiger partial charge in [-0.15, -0.1) is 0 Å². The van der Waals surface area contributed by atoms with Gasteiger partial charge in [-0.25, -0.2) is 9.59 Å². The Hall–Kier alpha value is -1.26. The number of ether oxygens (including phenoxy) is 1. The zero-order valence-corrected chi connectivity index (χ0v) is 11.0. The van der Waals surface area contributed by atoms with Crippen molar-refractivity contribution in [1.82, 2.24) is 10.6 Å². The molecule has 1 rings (SSSR count). The molecule has 0 aromatic carbocycles. The van der Waals surface area contributed by atoms with Crippen molar-refractivity contribution in [3.8, 4) is 0 Å². The van der Waals surface area contributed by atoms with Crippen molar-refractivity contribution in [1.29, 1.82) is 0 Å². The van der Waals surface area contributed by atoms with Gasteiger partial charge in [-0.2, -0.15) is 0 Å². The summed E-state index contributed by atoms with van der Waals surface area (Å²) in [6.45, 7) is 7.01. The number of amides is 2. The average molecular weight is 242 g/mol. The minimum absolute atomic E-state index is 0.265. The summed E-state index contributed by atoms with van der Waals surface area (Å²) in [6.07, 6.45) is 3.20. The zero-order valence-electron chi connectivity index (χ0n) is 11.0. The molecule has 1 saturated carbocycles. The van der Waals surface area contributed by atoms with Crippen LogP contribution in [0.15, 0.2) is 0 Å². The van der Waals surface area contributed by atoms with Crippen molar-refractivity contribution < 1.29 is 14.3 Å². The SMILES string of the molecule is C[C@@H](NC(=O)NC1CCC1)C(=O)OC(C)(C)C. The van der Waals surface area contributed by atoms with Crippen LogP contribution in [0, 0.1) is 0 Å². The summed E-state index contributed by atoms with van der Waals surface area (Å²) in [5.41, 5.74) is -0.530. The maximum Gasteiger partial charge on any atom is 0.328 e. The van der Waals surface area contributed by atoms with Crippen LogP contribution in [0.4, 0.5) is 4.79 Å². The number of carbonyl (C=O) groups is 2. The predicted octanol–water partition coefficient (Wildman–Crippen LogP) is 1.57. The van der Waals surface area contributed by atoms with Gasteiger partial charge in [0, 0.05) is 6.04 Å². The van der Waals surface area contributed by atoms with Gasteiger partial charge in [-0.05, 0) is 47.0 Å². The molecule has 1 fully saturated rings. The minimum Gasteiger partial charge on any atom is -0.458 e. The van der Waals surface area contributed by atoms with Crippen LogP contribution in [0.25, 0.3) is 0 Å². The molecule has 5 heteroatoms. The lowest BCUT2D eigenvalue weighted by molar-refractivity contribution is -0.156. The molecule has 0 aromatic heterocycles. The number of esters is 1. The Kier molecular flexibility index (Phi) is 4.37. The summed E-state index contributed by atoms with van der Waals surface area (Å²) in [6, 6.07) is -0.664. The van der Waals surface area contributed by atoms with E-state index in [0.29, 0.717) is 0 Å². The van der Waals surface area contributed by atoms with Crippen molar-refractivity contribution in [2.24, 2.45) is 0 Å². The predicted molar refractivity (Wildman–Crippen MR) is 64.6 cm³/mol. The lowest BCUT2D eigenvalue weighted by Gasteiger charge is -2.27. The number of rotatable bonds is 3.